The van der Waals surface area contributed by atoms with Crippen molar-refractivity contribution in [3.8, 4) is 17.3 Å². The molecule has 1 amide bonds. The number of nitrogens with zero attached hydrogens (tertiary/aromatic N) is 5. The molecule has 148 valence electrons. The van der Waals surface area contributed by atoms with Gasteiger partial charge in [-0.15, -0.1) is 0 Å². The number of hydrogen-bond acceptors (Lipinski definition) is 6. The molecule has 3 aromatic rings. The van der Waals surface area contributed by atoms with E-state index in [1.807, 2.05) is 13.0 Å². The zero-order valence-corrected chi connectivity index (χ0v) is 15.4. The second-order valence-electron chi connectivity index (χ2n) is 6.11. The lowest BCUT2D eigenvalue weighted by Crippen LogP contribution is -2.23. The van der Waals surface area contributed by atoms with Gasteiger partial charge in [0.25, 0.3) is 12.3 Å². The summed E-state index contributed by atoms with van der Waals surface area (Å²) in [5.41, 5.74) is 3.18. The lowest BCUT2D eigenvalue weighted by atomic mass is 10.1. The first-order chi connectivity index (χ1) is 14.0. The quantitative estimate of drug-likeness (QED) is 0.594. The van der Waals surface area contributed by atoms with Crippen LogP contribution in [-0.2, 0) is 6.54 Å². The van der Waals surface area contributed by atoms with Gasteiger partial charge in [0, 0.05) is 23.5 Å². The van der Waals surface area contributed by atoms with E-state index in [9.17, 15) is 13.6 Å². The molecule has 0 radical (unpaired) electrons. The maximum Gasteiger partial charge on any atom is 0.257 e. The van der Waals surface area contributed by atoms with Crippen molar-refractivity contribution in [1.29, 1.82) is 5.26 Å². The van der Waals surface area contributed by atoms with Gasteiger partial charge in [0.2, 0.25) is 5.95 Å². The lowest BCUT2D eigenvalue weighted by Gasteiger charge is -2.09. The summed E-state index contributed by atoms with van der Waals surface area (Å²) in [6.07, 6.45) is 2.01. The molecular weight excluding hydrogens is 380 g/mol. The summed E-state index contributed by atoms with van der Waals surface area (Å²) in [6, 6.07) is 8.64. The first-order valence-electron chi connectivity index (χ1n) is 8.63. The molecule has 0 saturated heterocycles. The van der Waals surface area contributed by atoms with Crippen molar-refractivity contribution in [2.75, 3.05) is 11.9 Å². The van der Waals surface area contributed by atoms with E-state index < -0.39 is 13.0 Å². The number of amides is 1. The molecule has 0 bridgehead atoms. The molecule has 0 fully saturated rings. The van der Waals surface area contributed by atoms with Crippen LogP contribution in [0.25, 0.3) is 11.3 Å². The van der Waals surface area contributed by atoms with Crippen molar-refractivity contribution >= 4 is 17.5 Å². The zero-order valence-electron chi connectivity index (χ0n) is 15.4. The van der Waals surface area contributed by atoms with Crippen LogP contribution in [0.3, 0.4) is 0 Å². The number of carbonyl (C=O) groups excluding carboxylic acids is 1. The number of rotatable bonds is 7. The van der Waals surface area contributed by atoms with Crippen molar-refractivity contribution in [2.24, 2.45) is 0 Å². The number of alkyl halides is 2. The summed E-state index contributed by atoms with van der Waals surface area (Å²) < 4.78 is 26.0. The van der Waals surface area contributed by atoms with E-state index >= 15 is 0 Å². The van der Waals surface area contributed by atoms with Crippen LogP contribution in [0, 0.1) is 18.3 Å². The van der Waals surface area contributed by atoms with Gasteiger partial charge in [-0.1, -0.05) is 12.1 Å². The van der Waals surface area contributed by atoms with Gasteiger partial charge in [-0.05, 0) is 24.6 Å². The molecule has 29 heavy (non-hydrogen) atoms. The number of aromatic nitrogens is 4. The van der Waals surface area contributed by atoms with Crippen LogP contribution >= 0.6 is 0 Å². The van der Waals surface area contributed by atoms with E-state index in [0.29, 0.717) is 16.9 Å². The van der Waals surface area contributed by atoms with Gasteiger partial charge in [0.15, 0.2) is 0 Å². The van der Waals surface area contributed by atoms with E-state index in [2.05, 4.69) is 25.7 Å². The summed E-state index contributed by atoms with van der Waals surface area (Å²) in [5.74, 6) is -0.0429. The summed E-state index contributed by atoms with van der Waals surface area (Å²) in [4.78, 5) is 20.6. The second-order valence-corrected chi connectivity index (χ2v) is 6.11. The molecule has 2 aromatic heterocycles. The SMILES string of the molecule is Cc1cnc(Nc2cnn(CC(F)F)c2)nc1-c1ccc(C(=O)NCC#N)cc1. The molecule has 0 atom stereocenters. The fourth-order valence-corrected chi connectivity index (χ4v) is 2.59. The lowest BCUT2D eigenvalue weighted by molar-refractivity contribution is 0.0958. The van der Waals surface area contributed by atoms with Crippen LogP contribution in [0.5, 0.6) is 0 Å². The summed E-state index contributed by atoms with van der Waals surface area (Å²) in [5, 5.41) is 17.8. The van der Waals surface area contributed by atoms with Gasteiger partial charge < -0.3 is 10.6 Å². The van der Waals surface area contributed by atoms with Crippen molar-refractivity contribution in [2.45, 2.75) is 19.9 Å². The first kappa shape index (κ1) is 19.9. The van der Waals surface area contributed by atoms with E-state index in [4.69, 9.17) is 5.26 Å². The maximum atomic E-state index is 12.4. The Morgan fingerprint density at radius 1 is 1.28 bits per heavy atom. The van der Waals surface area contributed by atoms with Gasteiger partial charge in [-0.3, -0.25) is 9.48 Å². The molecule has 1 aromatic carbocycles. The van der Waals surface area contributed by atoms with Gasteiger partial charge in [0.05, 0.1) is 23.6 Å². The number of nitriles is 1. The predicted octanol–water partition coefficient (Wildman–Crippen LogP) is 2.91. The van der Waals surface area contributed by atoms with Gasteiger partial charge in [-0.25, -0.2) is 18.7 Å². The molecule has 2 heterocycles. The molecule has 8 nitrogen and oxygen atoms in total. The first-order valence-corrected chi connectivity index (χ1v) is 8.63. The summed E-state index contributed by atoms with van der Waals surface area (Å²) >= 11 is 0. The zero-order chi connectivity index (χ0) is 20.8. The van der Waals surface area contributed by atoms with Crippen molar-refractivity contribution in [3.05, 3.63) is 54.0 Å². The monoisotopic (exact) mass is 397 g/mol. The molecule has 0 aliphatic carbocycles. The smallest absolute Gasteiger partial charge is 0.257 e. The highest BCUT2D eigenvalue weighted by Crippen LogP contribution is 2.23. The minimum absolute atomic E-state index is 0.0610. The molecule has 0 unspecified atom stereocenters. The molecule has 2 N–H and O–H groups in total. The molecule has 0 aliphatic heterocycles. The molecular formula is C19H17F2N7O. The average molecular weight is 397 g/mol. The third kappa shape index (κ3) is 5.10. The van der Waals surface area contributed by atoms with Crippen LogP contribution in [-0.4, -0.2) is 38.6 Å². The van der Waals surface area contributed by atoms with Crippen LogP contribution in [0.1, 0.15) is 15.9 Å². The number of aryl methyl sites for hydroxylation is 1. The Morgan fingerprint density at radius 2 is 2.03 bits per heavy atom. The third-order valence-corrected chi connectivity index (χ3v) is 3.93. The summed E-state index contributed by atoms with van der Waals surface area (Å²) in [6.45, 7) is 1.30. The van der Waals surface area contributed by atoms with Crippen LogP contribution < -0.4 is 10.6 Å². The van der Waals surface area contributed by atoms with Gasteiger partial charge in [0.1, 0.15) is 13.1 Å². The highest BCUT2D eigenvalue weighted by molar-refractivity contribution is 5.94. The average Bonchev–Trinajstić information content (AvgIpc) is 3.13. The maximum absolute atomic E-state index is 12.4. The molecule has 10 heteroatoms. The molecule has 3 rings (SSSR count). The number of nitrogens with one attached hydrogen (secondary N) is 2. The third-order valence-electron chi connectivity index (χ3n) is 3.93. The van der Waals surface area contributed by atoms with E-state index in [-0.39, 0.29) is 18.4 Å². The fraction of sp³-hybridized carbons (Fsp3) is 0.211. The largest absolute Gasteiger partial charge is 0.339 e. The number of hydrogen-bond donors (Lipinski definition) is 2. The number of halogens is 2. The Balaban J connectivity index is 1.77. The molecule has 0 aliphatic rings. The normalized spacial score (nSPS) is 10.6. The van der Waals surface area contributed by atoms with Crippen molar-refractivity contribution in [1.82, 2.24) is 25.1 Å². The van der Waals surface area contributed by atoms with Crippen LogP contribution in [0.4, 0.5) is 20.4 Å². The Hall–Kier alpha value is -3.87. The highest BCUT2D eigenvalue weighted by atomic mass is 19.3. The topological polar surface area (TPSA) is 109 Å². The van der Waals surface area contributed by atoms with Gasteiger partial charge >= 0.3 is 0 Å². The Labute approximate surface area is 165 Å². The number of carbonyl (C=O) groups is 1. The van der Waals surface area contributed by atoms with Crippen molar-refractivity contribution < 1.29 is 13.6 Å². The fourth-order valence-electron chi connectivity index (χ4n) is 2.59. The Morgan fingerprint density at radius 3 is 2.72 bits per heavy atom. The highest BCUT2D eigenvalue weighted by Gasteiger charge is 2.11. The minimum atomic E-state index is -2.49. The summed E-state index contributed by atoms with van der Waals surface area (Å²) in [7, 11) is 0. The molecule has 0 saturated carbocycles. The predicted molar refractivity (Wildman–Crippen MR) is 102 cm³/mol. The van der Waals surface area contributed by atoms with Crippen LogP contribution in [0.2, 0.25) is 0 Å². The second kappa shape index (κ2) is 8.88. The van der Waals surface area contributed by atoms with Crippen molar-refractivity contribution in [3.63, 3.8) is 0 Å². The van der Waals surface area contributed by atoms with Gasteiger partial charge in [-0.2, -0.15) is 10.4 Å². The van der Waals surface area contributed by atoms with E-state index in [1.165, 1.54) is 12.4 Å². The standard InChI is InChI=1S/C19H17F2N7O/c1-12-8-24-19(26-15-9-25-28(10-15)11-16(20)21)27-17(12)13-2-4-14(5-3-13)18(29)23-7-6-22/h2-5,8-10,16H,7,11H2,1H3,(H,23,29)(H,24,26,27). The van der Waals surface area contributed by atoms with Crippen LogP contribution in [0.15, 0.2) is 42.9 Å². The Kier molecular flexibility index (Phi) is 6.09. The molecule has 0 spiro atoms. The Bertz CT molecular complexity index is 1040. The number of anilines is 2. The number of benzene rings is 1. The van der Waals surface area contributed by atoms with E-state index in [0.717, 1.165) is 15.8 Å². The van der Waals surface area contributed by atoms with E-state index in [1.54, 1.807) is 30.5 Å². The minimum Gasteiger partial charge on any atom is -0.339 e.